The van der Waals surface area contributed by atoms with E-state index in [1.165, 1.54) is 9.30 Å². The van der Waals surface area contributed by atoms with Gasteiger partial charge in [-0.1, -0.05) is 0 Å². The van der Waals surface area contributed by atoms with E-state index in [9.17, 15) is 0 Å². The van der Waals surface area contributed by atoms with Crippen LogP contribution in [0, 0.1) is 0 Å². The van der Waals surface area contributed by atoms with Gasteiger partial charge in [0, 0.05) is 0 Å². The summed E-state index contributed by atoms with van der Waals surface area (Å²) < 4.78 is 6.82. The number of fused-ring (bicyclic) bond motifs is 1. The molecule has 0 radical (unpaired) electrons. The van der Waals surface area contributed by atoms with E-state index < -0.39 is 0 Å². The monoisotopic (exact) mass is 279 g/mol. The van der Waals surface area contributed by atoms with E-state index >= 15 is 0 Å². The van der Waals surface area contributed by atoms with Crippen LogP contribution in [0.15, 0.2) is 24.3 Å². The number of anilines is 1. The Kier molecular flexibility index (Phi) is 2.04. The first-order valence-electron chi connectivity index (χ1n) is 3.85. The predicted octanol–water partition coefficient (Wildman–Crippen LogP) is 0.762. The van der Waals surface area contributed by atoms with Crippen molar-refractivity contribution in [1.82, 2.24) is 0 Å². The molecule has 0 saturated heterocycles. The molecule has 2 rings (SSSR count). The fourth-order valence-corrected chi connectivity index (χ4v) is 4.20. The summed E-state index contributed by atoms with van der Waals surface area (Å²) >= 11 is -0.243. The first kappa shape index (κ1) is 8.37. The van der Waals surface area contributed by atoms with Gasteiger partial charge in [0.2, 0.25) is 0 Å². The third kappa shape index (κ3) is 1.33. The molecule has 1 aromatic carbocycles. The molecule has 3 heteroatoms. The Morgan fingerprint density at radius 3 is 2.83 bits per heavy atom. The molecule has 0 bridgehead atoms. The SMILES string of the molecule is COC1(C)Nc2ccccc2[Te]1. The molecule has 12 heavy (non-hydrogen) atoms. The summed E-state index contributed by atoms with van der Waals surface area (Å²) in [6, 6.07) is 8.45. The van der Waals surface area contributed by atoms with Crippen molar-refractivity contribution >= 4 is 30.2 Å². The maximum absolute atomic E-state index is 5.43. The quantitative estimate of drug-likeness (QED) is 0.765. The predicted molar refractivity (Wildman–Crippen MR) is 50.9 cm³/mol. The first-order chi connectivity index (χ1) is 5.73. The summed E-state index contributed by atoms with van der Waals surface area (Å²) in [6.07, 6.45) is 0. The summed E-state index contributed by atoms with van der Waals surface area (Å²) in [6.45, 7) is 2.12. The van der Waals surface area contributed by atoms with Crippen molar-refractivity contribution in [3.63, 3.8) is 0 Å². The number of hydrogen-bond donors (Lipinski definition) is 1. The average molecular weight is 277 g/mol. The van der Waals surface area contributed by atoms with Crippen LogP contribution in [0.4, 0.5) is 5.69 Å². The maximum atomic E-state index is 5.43. The zero-order chi connectivity index (χ0) is 8.60. The van der Waals surface area contributed by atoms with Crippen LogP contribution in [0.1, 0.15) is 6.92 Å². The standard InChI is InChI=1S/C9H11NOTe/c1-9(11-2)10-7-5-3-4-6-8(7)12-9/h3-6,10H,1-2H3. The Hall–Kier alpha value is -0.230. The second kappa shape index (κ2) is 2.92. The molecule has 1 heterocycles. The molecular weight excluding hydrogens is 266 g/mol. The van der Waals surface area contributed by atoms with E-state index in [0.717, 1.165) is 0 Å². The molecule has 1 unspecified atom stereocenters. The second-order valence-electron chi connectivity index (χ2n) is 2.87. The van der Waals surface area contributed by atoms with Crippen LogP contribution in [0.2, 0.25) is 0 Å². The van der Waals surface area contributed by atoms with E-state index in [0.29, 0.717) is 0 Å². The molecule has 0 spiro atoms. The summed E-state index contributed by atoms with van der Waals surface area (Å²) in [7, 11) is 1.77. The average Bonchev–Trinajstić information content (AvgIpc) is 2.42. The van der Waals surface area contributed by atoms with Crippen molar-refractivity contribution in [2.45, 2.75) is 10.7 Å². The molecule has 1 N–H and O–H groups in total. The summed E-state index contributed by atoms with van der Waals surface area (Å²) in [4.78, 5) is 0. The zero-order valence-corrected chi connectivity index (χ0v) is 9.46. The first-order valence-corrected chi connectivity index (χ1v) is 6.18. The van der Waals surface area contributed by atoms with Gasteiger partial charge in [0.25, 0.3) is 0 Å². The summed E-state index contributed by atoms with van der Waals surface area (Å²) in [5.41, 5.74) is 1.25. The van der Waals surface area contributed by atoms with Crippen molar-refractivity contribution in [1.29, 1.82) is 0 Å². The Morgan fingerprint density at radius 2 is 2.17 bits per heavy atom. The number of hydrogen-bond acceptors (Lipinski definition) is 2. The molecule has 0 saturated carbocycles. The third-order valence-corrected chi connectivity index (χ3v) is 5.47. The van der Waals surface area contributed by atoms with Gasteiger partial charge in [-0.15, -0.1) is 0 Å². The number of methoxy groups -OCH3 is 1. The number of nitrogens with one attached hydrogen (secondary N) is 1. The van der Waals surface area contributed by atoms with Crippen LogP contribution in [-0.4, -0.2) is 31.8 Å². The molecular formula is C9H11NOTe. The van der Waals surface area contributed by atoms with Crippen molar-refractivity contribution in [3.05, 3.63) is 24.3 Å². The zero-order valence-electron chi connectivity index (χ0n) is 7.13. The van der Waals surface area contributed by atoms with Gasteiger partial charge in [0.15, 0.2) is 0 Å². The van der Waals surface area contributed by atoms with Crippen molar-refractivity contribution in [3.8, 4) is 0 Å². The molecule has 0 aliphatic carbocycles. The molecule has 0 amide bonds. The van der Waals surface area contributed by atoms with Gasteiger partial charge in [-0.3, -0.25) is 0 Å². The second-order valence-corrected chi connectivity index (χ2v) is 6.93. The third-order valence-electron chi connectivity index (χ3n) is 1.94. The van der Waals surface area contributed by atoms with E-state index in [1.54, 1.807) is 7.11 Å². The Balaban J connectivity index is 2.33. The Labute approximate surface area is 82.4 Å². The molecule has 64 valence electrons. The Morgan fingerprint density at radius 1 is 1.42 bits per heavy atom. The van der Waals surface area contributed by atoms with E-state index in [-0.39, 0.29) is 24.7 Å². The van der Waals surface area contributed by atoms with Gasteiger partial charge in [-0.05, 0) is 0 Å². The van der Waals surface area contributed by atoms with Gasteiger partial charge in [-0.25, -0.2) is 0 Å². The normalized spacial score (nSPS) is 26.5. The van der Waals surface area contributed by atoms with Gasteiger partial charge in [-0.2, -0.15) is 0 Å². The van der Waals surface area contributed by atoms with Crippen LogP contribution in [-0.2, 0) is 4.74 Å². The molecule has 1 aliphatic heterocycles. The molecule has 1 aliphatic rings. The van der Waals surface area contributed by atoms with Crippen LogP contribution in [0.25, 0.3) is 0 Å². The van der Waals surface area contributed by atoms with Gasteiger partial charge < -0.3 is 0 Å². The topological polar surface area (TPSA) is 21.3 Å². The van der Waals surface area contributed by atoms with E-state index in [2.05, 4.69) is 36.5 Å². The van der Waals surface area contributed by atoms with Crippen LogP contribution in [0.5, 0.6) is 0 Å². The molecule has 0 fully saturated rings. The fourth-order valence-electron chi connectivity index (χ4n) is 1.23. The van der Waals surface area contributed by atoms with E-state index in [4.69, 9.17) is 4.74 Å². The molecule has 2 nitrogen and oxygen atoms in total. The van der Waals surface area contributed by atoms with Crippen molar-refractivity contribution < 1.29 is 4.74 Å². The van der Waals surface area contributed by atoms with Gasteiger partial charge in [0.1, 0.15) is 0 Å². The van der Waals surface area contributed by atoms with Gasteiger partial charge >= 0.3 is 82.3 Å². The Bertz CT molecular complexity index is 275. The molecule has 1 aromatic rings. The molecule has 0 aromatic heterocycles. The van der Waals surface area contributed by atoms with Crippen LogP contribution >= 0.6 is 0 Å². The van der Waals surface area contributed by atoms with Crippen LogP contribution < -0.4 is 8.93 Å². The fraction of sp³-hybridized carbons (Fsp3) is 0.333. The number of ether oxygens (including phenoxy) is 1. The van der Waals surface area contributed by atoms with E-state index in [1.807, 2.05) is 0 Å². The van der Waals surface area contributed by atoms with Crippen LogP contribution in [0.3, 0.4) is 0 Å². The minimum atomic E-state index is -0.243. The number of benzene rings is 1. The number of para-hydroxylation sites is 1. The van der Waals surface area contributed by atoms with Crippen molar-refractivity contribution in [2.24, 2.45) is 0 Å². The number of rotatable bonds is 1. The summed E-state index contributed by atoms with van der Waals surface area (Å²) in [5.74, 6) is 0. The summed E-state index contributed by atoms with van der Waals surface area (Å²) in [5, 5.41) is 3.40. The molecule has 1 atom stereocenters. The minimum absolute atomic E-state index is 0.0747. The van der Waals surface area contributed by atoms with Crippen molar-refractivity contribution in [2.75, 3.05) is 12.4 Å². The van der Waals surface area contributed by atoms with Gasteiger partial charge in [0.05, 0.1) is 0 Å².